The first kappa shape index (κ1) is 26.8. The molecule has 7 nitrogen and oxygen atoms in total. The van der Waals surface area contributed by atoms with E-state index in [2.05, 4.69) is 39.1 Å². The third-order valence-corrected chi connectivity index (χ3v) is 8.08. The van der Waals surface area contributed by atoms with Gasteiger partial charge >= 0.3 is 0 Å². The lowest BCUT2D eigenvalue weighted by molar-refractivity contribution is 0.463. The van der Waals surface area contributed by atoms with Gasteiger partial charge in [-0.15, -0.1) is 0 Å². The van der Waals surface area contributed by atoms with E-state index < -0.39 is 0 Å². The summed E-state index contributed by atoms with van der Waals surface area (Å²) in [5.74, 6) is 2.20. The van der Waals surface area contributed by atoms with Gasteiger partial charge in [-0.05, 0) is 48.5 Å². The highest BCUT2D eigenvalue weighted by Gasteiger charge is 2.26. The number of furan rings is 2. The quantitative estimate of drug-likeness (QED) is 0.177. The minimum Gasteiger partial charge on any atom is -0.454 e. The zero-order valence-electron chi connectivity index (χ0n) is 24.9. The largest absolute Gasteiger partial charge is 0.454 e. The highest BCUT2D eigenvalue weighted by Crippen LogP contribution is 2.49. The number of anilines is 3. The number of pyridine rings is 2. The number of ether oxygens (including phenoxy) is 2. The summed E-state index contributed by atoms with van der Waals surface area (Å²) in [6.45, 7) is 0. The van der Waals surface area contributed by atoms with E-state index in [0.717, 1.165) is 49.8 Å². The van der Waals surface area contributed by atoms with E-state index in [1.165, 1.54) is 0 Å². The topological polar surface area (TPSA) is 73.8 Å². The monoisotopic (exact) mass is 611 g/mol. The molecule has 0 radical (unpaired) electrons. The Bertz CT molecular complexity index is 2370. The number of nitrogens with zero attached hydrogens (tertiary/aromatic N) is 3. The number of hydrogen-bond donors (Lipinski definition) is 0. The van der Waals surface area contributed by atoms with E-state index >= 15 is 0 Å². The highest BCUT2D eigenvalue weighted by atomic mass is 16.5. The van der Waals surface area contributed by atoms with Crippen LogP contribution in [-0.2, 0) is 0 Å². The van der Waals surface area contributed by atoms with Crippen LogP contribution in [0.15, 0.2) is 161 Å². The Hall–Kier alpha value is -6.60. The fourth-order valence-electron chi connectivity index (χ4n) is 6.06. The van der Waals surface area contributed by atoms with Crippen LogP contribution >= 0.6 is 0 Å². The average Bonchev–Trinajstić information content (AvgIpc) is 3.69. The molecular formula is C40H25N3O4. The second-order valence-electron chi connectivity index (χ2n) is 11.0. The Balaban J connectivity index is 1.35. The third-order valence-electron chi connectivity index (χ3n) is 8.08. The van der Waals surface area contributed by atoms with E-state index in [1.807, 2.05) is 115 Å². The molecule has 0 atom stereocenters. The molecule has 0 aliphatic heterocycles. The molecule has 224 valence electrons. The van der Waals surface area contributed by atoms with E-state index in [0.29, 0.717) is 34.4 Å². The molecule has 9 aromatic rings. The number of para-hydroxylation sites is 3. The minimum atomic E-state index is 0.488. The van der Waals surface area contributed by atoms with Crippen molar-refractivity contribution in [3.05, 3.63) is 152 Å². The molecule has 0 N–H and O–H groups in total. The number of fused-ring (bicyclic) bond motifs is 6. The maximum absolute atomic E-state index is 6.62. The molecule has 0 aliphatic rings. The number of hydrogen-bond acceptors (Lipinski definition) is 7. The molecule has 0 unspecified atom stereocenters. The Labute approximate surface area is 268 Å². The van der Waals surface area contributed by atoms with Crippen molar-refractivity contribution in [2.24, 2.45) is 0 Å². The minimum absolute atomic E-state index is 0.488. The van der Waals surface area contributed by atoms with Gasteiger partial charge in [-0.3, -0.25) is 0 Å². The maximum atomic E-state index is 6.62. The van der Waals surface area contributed by atoms with Gasteiger partial charge in [0.15, 0.2) is 11.2 Å². The third kappa shape index (κ3) is 4.78. The van der Waals surface area contributed by atoms with Crippen LogP contribution in [-0.4, -0.2) is 9.97 Å². The first-order valence-electron chi connectivity index (χ1n) is 15.2. The summed E-state index contributed by atoms with van der Waals surface area (Å²) in [5.41, 5.74) is 5.34. The number of benzene rings is 5. The highest BCUT2D eigenvalue weighted by molar-refractivity contribution is 6.14. The summed E-state index contributed by atoms with van der Waals surface area (Å²) in [6, 6.07) is 45.3. The van der Waals surface area contributed by atoms with Gasteiger partial charge in [-0.25, -0.2) is 9.97 Å². The fourth-order valence-corrected chi connectivity index (χ4v) is 6.06. The summed E-state index contributed by atoms with van der Waals surface area (Å²) in [6.07, 6.45) is 3.42. The van der Waals surface area contributed by atoms with E-state index in [-0.39, 0.29) is 0 Å². The zero-order chi connectivity index (χ0) is 31.2. The Morgan fingerprint density at radius 1 is 0.447 bits per heavy atom. The maximum Gasteiger partial charge on any atom is 0.219 e. The van der Waals surface area contributed by atoms with E-state index in [1.54, 1.807) is 12.4 Å². The predicted molar refractivity (Wildman–Crippen MR) is 184 cm³/mol. The SMILES string of the molecule is c1ccc(N(c2cc(Oc3ccccn3)cc3c2oc2ccccc23)c2cc(Oc3ccccn3)cc3c2oc2ccccc23)cc1. The van der Waals surface area contributed by atoms with Crippen LogP contribution in [0.3, 0.4) is 0 Å². The molecule has 0 saturated carbocycles. The summed E-state index contributed by atoms with van der Waals surface area (Å²) >= 11 is 0. The lowest BCUT2D eigenvalue weighted by Crippen LogP contribution is -2.11. The van der Waals surface area contributed by atoms with Crippen molar-refractivity contribution >= 4 is 60.9 Å². The predicted octanol–water partition coefficient (Wildman–Crippen LogP) is 11.3. The van der Waals surface area contributed by atoms with Crippen LogP contribution in [0.5, 0.6) is 23.3 Å². The molecule has 0 bridgehead atoms. The van der Waals surface area contributed by atoms with Crippen molar-refractivity contribution < 1.29 is 18.3 Å². The van der Waals surface area contributed by atoms with Gasteiger partial charge in [0.2, 0.25) is 11.8 Å². The lowest BCUT2D eigenvalue weighted by Gasteiger charge is -2.26. The summed E-state index contributed by atoms with van der Waals surface area (Å²) < 4.78 is 26.0. The van der Waals surface area contributed by atoms with Gasteiger partial charge < -0.3 is 23.2 Å². The molecule has 4 heterocycles. The van der Waals surface area contributed by atoms with E-state index in [4.69, 9.17) is 18.3 Å². The first-order chi connectivity index (χ1) is 23.3. The molecule has 0 amide bonds. The van der Waals surface area contributed by atoms with Crippen molar-refractivity contribution in [2.45, 2.75) is 0 Å². The van der Waals surface area contributed by atoms with Crippen molar-refractivity contribution in [3.8, 4) is 23.3 Å². The van der Waals surface area contributed by atoms with Crippen LogP contribution in [0.1, 0.15) is 0 Å². The number of aromatic nitrogens is 2. The summed E-state index contributed by atoms with van der Waals surface area (Å²) in [5, 5.41) is 3.77. The lowest BCUT2D eigenvalue weighted by atomic mass is 10.1. The Morgan fingerprint density at radius 2 is 0.915 bits per heavy atom. The molecule has 0 aliphatic carbocycles. The molecule has 5 aromatic carbocycles. The van der Waals surface area contributed by atoms with Crippen LogP contribution in [0.25, 0.3) is 43.9 Å². The summed E-state index contributed by atoms with van der Waals surface area (Å²) in [4.78, 5) is 11.0. The molecule has 7 heteroatoms. The van der Waals surface area contributed by atoms with Gasteiger partial charge in [-0.1, -0.05) is 66.7 Å². The van der Waals surface area contributed by atoms with Crippen molar-refractivity contribution in [3.63, 3.8) is 0 Å². The molecule has 9 rings (SSSR count). The molecule has 0 saturated heterocycles. The molecule has 0 fully saturated rings. The van der Waals surface area contributed by atoms with Gasteiger partial charge in [0, 0.05) is 63.9 Å². The van der Waals surface area contributed by atoms with Crippen LogP contribution in [0.2, 0.25) is 0 Å². The standard InChI is InChI=1S/C40H25N3O4/c1-2-12-26(13-3-1)43(33-24-27(44-37-18-8-10-20-41-37)22-31-29-14-4-6-16-35(29)46-39(31)33)34-25-28(45-38-19-9-11-21-42-38)23-32-30-15-5-7-17-36(30)47-40(32)34/h1-25H. The summed E-state index contributed by atoms with van der Waals surface area (Å²) in [7, 11) is 0. The van der Waals surface area contributed by atoms with Crippen molar-refractivity contribution in [1.82, 2.24) is 9.97 Å². The second-order valence-corrected chi connectivity index (χ2v) is 11.0. The second kappa shape index (κ2) is 11.1. The zero-order valence-corrected chi connectivity index (χ0v) is 24.9. The van der Waals surface area contributed by atoms with E-state index in [9.17, 15) is 0 Å². The van der Waals surface area contributed by atoms with Gasteiger partial charge in [-0.2, -0.15) is 0 Å². The van der Waals surface area contributed by atoms with Crippen molar-refractivity contribution in [2.75, 3.05) is 4.90 Å². The Morgan fingerprint density at radius 3 is 1.40 bits per heavy atom. The molecule has 47 heavy (non-hydrogen) atoms. The first-order valence-corrected chi connectivity index (χ1v) is 15.2. The molecule has 0 spiro atoms. The van der Waals surface area contributed by atoms with Gasteiger partial charge in [0.25, 0.3) is 0 Å². The van der Waals surface area contributed by atoms with Crippen molar-refractivity contribution in [1.29, 1.82) is 0 Å². The van der Waals surface area contributed by atoms with Gasteiger partial charge in [0.05, 0.1) is 11.4 Å². The normalized spacial score (nSPS) is 11.4. The fraction of sp³-hybridized carbons (Fsp3) is 0. The van der Waals surface area contributed by atoms with Crippen LogP contribution in [0.4, 0.5) is 17.1 Å². The molecule has 4 aromatic heterocycles. The van der Waals surface area contributed by atoms with Gasteiger partial charge in [0.1, 0.15) is 22.7 Å². The van der Waals surface area contributed by atoms with Crippen LogP contribution in [0, 0.1) is 0 Å². The Kier molecular flexibility index (Phi) is 6.31. The number of rotatable bonds is 7. The average molecular weight is 612 g/mol. The molecular weight excluding hydrogens is 586 g/mol. The van der Waals surface area contributed by atoms with Crippen LogP contribution < -0.4 is 14.4 Å². The smallest absolute Gasteiger partial charge is 0.219 e.